The molecule has 0 amide bonds. The number of carbonyl (C=O) groups is 1. The van der Waals surface area contributed by atoms with E-state index in [-0.39, 0.29) is 5.28 Å². The zero-order chi connectivity index (χ0) is 13.0. The Morgan fingerprint density at radius 2 is 2.22 bits per heavy atom. The summed E-state index contributed by atoms with van der Waals surface area (Å²) in [6.07, 6.45) is 8.66. The van der Waals surface area contributed by atoms with Crippen molar-refractivity contribution in [2.45, 2.75) is 31.7 Å². The Kier molecular flexibility index (Phi) is 4.15. The van der Waals surface area contributed by atoms with E-state index in [2.05, 4.69) is 15.3 Å². The van der Waals surface area contributed by atoms with Crippen LogP contribution in [0, 0.1) is 0 Å². The Morgan fingerprint density at radius 1 is 1.50 bits per heavy atom. The highest BCUT2D eigenvalue weighted by molar-refractivity contribution is 6.28. The van der Waals surface area contributed by atoms with E-state index in [0.717, 1.165) is 18.9 Å². The zero-order valence-electron chi connectivity index (χ0n) is 9.77. The van der Waals surface area contributed by atoms with Gasteiger partial charge in [0.2, 0.25) is 5.28 Å². The molecule has 0 atom stereocenters. The monoisotopic (exact) mass is 267 g/mol. The second kappa shape index (κ2) is 5.82. The highest BCUT2D eigenvalue weighted by Gasteiger charge is 2.16. The number of hydrogen-bond acceptors (Lipinski definition) is 4. The van der Waals surface area contributed by atoms with Crippen LogP contribution in [-0.4, -0.2) is 27.1 Å². The molecule has 0 unspecified atom stereocenters. The quantitative estimate of drug-likeness (QED) is 0.648. The van der Waals surface area contributed by atoms with Crippen molar-refractivity contribution < 1.29 is 9.90 Å². The van der Waals surface area contributed by atoms with Gasteiger partial charge in [-0.15, -0.1) is 0 Å². The molecule has 1 aromatic heterocycles. The summed E-state index contributed by atoms with van der Waals surface area (Å²) in [5, 5.41) is 12.1. The van der Waals surface area contributed by atoms with Crippen LogP contribution in [0.1, 0.15) is 31.2 Å². The van der Waals surface area contributed by atoms with Crippen LogP contribution in [0.25, 0.3) is 6.08 Å². The lowest BCUT2D eigenvalue weighted by molar-refractivity contribution is -0.131. The van der Waals surface area contributed by atoms with Crippen LogP contribution in [-0.2, 0) is 4.79 Å². The van der Waals surface area contributed by atoms with Gasteiger partial charge in [-0.05, 0) is 30.5 Å². The van der Waals surface area contributed by atoms with E-state index in [1.165, 1.54) is 25.1 Å². The van der Waals surface area contributed by atoms with Gasteiger partial charge in [-0.1, -0.05) is 12.8 Å². The Hall–Kier alpha value is -1.62. The minimum atomic E-state index is -1.00. The molecule has 1 aliphatic rings. The van der Waals surface area contributed by atoms with Crippen molar-refractivity contribution >= 4 is 29.5 Å². The molecule has 1 aliphatic carbocycles. The third-order valence-corrected chi connectivity index (χ3v) is 3.07. The lowest BCUT2D eigenvalue weighted by Crippen LogP contribution is -2.16. The van der Waals surface area contributed by atoms with E-state index in [1.54, 1.807) is 0 Å². The number of carboxylic acids is 1. The molecule has 0 radical (unpaired) electrons. The van der Waals surface area contributed by atoms with Crippen LogP contribution >= 0.6 is 11.6 Å². The smallest absolute Gasteiger partial charge is 0.328 e. The number of hydrogen-bond donors (Lipinski definition) is 2. The molecule has 0 spiro atoms. The summed E-state index contributed by atoms with van der Waals surface area (Å²) in [6.45, 7) is 0. The van der Waals surface area contributed by atoms with E-state index < -0.39 is 5.97 Å². The van der Waals surface area contributed by atoms with Crippen molar-refractivity contribution in [3.05, 3.63) is 23.1 Å². The van der Waals surface area contributed by atoms with Gasteiger partial charge in [0.15, 0.2) is 0 Å². The van der Waals surface area contributed by atoms with Gasteiger partial charge in [0.1, 0.15) is 5.82 Å². The van der Waals surface area contributed by atoms with Crippen molar-refractivity contribution in [2.75, 3.05) is 5.32 Å². The number of halogens is 1. The van der Waals surface area contributed by atoms with Crippen LogP contribution < -0.4 is 5.32 Å². The molecule has 18 heavy (non-hydrogen) atoms. The van der Waals surface area contributed by atoms with Crippen LogP contribution in [0.15, 0.2) is 12.3 Å². The number of rotatable bonds is 4. The van der Waals surface area contributed by atoms with Gasteiger partial charge in [0, 0.05) is 23.9 Å². The summed E-state index contributed by atoms with van der Waals surface area (Å²) >= 11 is 5.76. The normalized spacial score (nSPS) is 16.3. The number of nitrogens with one attached hydrogen (secondary N) is 1. The fourth-order valence-corrected chi connectivity index (χ4v) is 2.17. The third-order valence-electron chi connectivity index (χ3n) is 2.89. The SMILES string of the molecule is O=C(O)C=Cc1cnc(Cl)nc1NC1CCCC1. The molecule has 1 saturated carbocycles. The van der Waals surface area contributed by atoms with Gasteiger partial charge in [0.05, 0.1) is 0 Å². The maximum absolute atomic E-state index is 10.5. The largest absolute Gasteiger partial charge is 0.478 e. The molecule has 0 saturated heterocycles. The van der Waals surface area contributed by atoms with Crippen molar-refractivity contribution in [2.24, 2.45) is 0 Å². The predicted molar refractivity (Wildman–Crippen MR) is 69.6 cm³/mol. The van der Waals surface area contributed by atoms with Crippen LogP contribution in [0.5, 0.6) is 0 Å². The molecule has 0 bridgehead atoms. The summed E-state index contributed by atoms with van der Waals surface area (Å²) < 4.78 is 0. The average Bonchev–Trinajstić information content (AvgIpc) is 2.80. The third kappa shape index (κ3) is 3.43. The second-order valence-corrected chi connectivity index (χ2v) is 4.58. The lowest BCUT2D eigenvalue weighted by Gasteiger charge is -2.14. The molecule has 1 heterocycles. The van der Waals surface area contributed by atoms with Gasteiger partial charge < -0.3 is 10.4 Å². The first kappa shape index (κ1) is 12.8. The molecule has 0 aliphatic heterocycles. The van der Waals surface area contributed by atoms with Crippen molar-refractivity contribution in [3.63, 3.8) is 0 Å². The predicted octanol–water partition coefficient (Wildman–Crippen LogP) is 2.58. The van der Waals surface area contributed by atoms with Crippen LogP contribution in [0.2, 0.25) is 5.28 Å². The molecular weight excluding hydrogens is 254 g/mol. The topological polar surface area (TPSA) is 75.1 Å². The molecule has 2 N–H and O–H groups in total. The highest BCUT2D eigenvalue weighted by Crippen LogP contribution is 2.24. The van der Waals surface area contributed by atoms with E-state index in [4.69, 9.17) is 16.7 Å². The van der Waals surface area contributed by atoms with E-state index in [9.17, 15) is 4.79 Å². The van der Waals surface area contributed by atoms with Crippen molar-refractivity contribution in [1.29, 1.82) is 0 Å². The molecule has 1 fully saturated rings. The number of anilines is 1. The molecule has 2 rings (SSSR count). The van der Waals surface area contributed by atoms with Gasteiger partial charge in [-0.3, -0.25) is 0 Å². The fourth-order valence-electron chi connectivity index (χ4n) is 2.03. The molecule has 1 aromatic rings. The molecule has 6 heteroatoms. The Labute approximate surface area is 110 Å². The first-order valence-electron chi connectivity index (χ1n) is 5.85. The highest BCUT2D eigenvalue weighted by atomic mass is 35.5. The summed E-state index contributed by atoms with van der Waals surface area (Å²) in [6, 6.07) is 0.382. The van der Waals surface area contributed by atoms with Gasteiger partial charge in [-0.25, -0.2) is 14.8 Å². The molecule has 0 aromatic carbocycles. The maximum Gasteiger partial charge on any atom is 0.328 e. The molecular formula is C12H14ClN3O2. The number of aliphatic carboxylic acids is 1. The second-order valence-electron chi connectivity index (χ2n) is 4.24. The Morgan fingerprint density at radius 3 is 2.89 bits per heavy atom. The number of nitrogens with zero attached hydrogens (tertiary/aromatic N) is 2. The lowest BCUT2D eigenvalue weighted by atomic mass is 10.2. The minimum Gasteiger partial charge on any atom is -0.478 e. The summed E-state index contributed by atoms with van der Waals surface area (Å²) in [4.78, 5) is 18.5. The van der Waals surface area contributed by atoms with Gasteiger partial charge in [-0.2, -0.15) is 0 Å². The summed E-state index contributed by atoms with van der Waals surface area (Å²) in [5.41, 5.74) is 0.633. The van der Waals surface area contributed by atoms with E-state index >= 15 is 0 Å². The van der Waals surface area contributed by atoms with Crippen molar-refractivity contribution in [3.8, 4) is 0 Å². The van der Waals surface area contributed by atoms with Gasteiger partial charge >= 0.3 is 5.97 Å². The van der Waals surface area contributed by atoms with E-state index in [0.29, 0.717) is 17.4 Å². The van der Waals surface area contributed by atoms with Gasteiger partial charge in [0.25, 0.3) is 0 Å². The first-order chi connectivity index (χ1) is 8.65. The van der Waals surface area contributed by atoms with Crippen molar-refractivity contribution in [1.82, 2.24) is 9.97 Å². The van der Waals surface area contributed by atoms with E-state index in [1.807, 2.05) is 0 Å². The molecule has 5 nitrogen and oxygen atoms in total. The average molecular weight is 268 g/mol. The van der Waals surface area contributed by atoms with Crippen LogP contribution in [0.4, 0.5) is 5.82 Å². The van der Waals surface area contributed by atoms with Crippen LogP contribution in [0.3, 0.4) is 0 Å². The maximum atomic E-state index is 10.5. The fraction of sp³-hybridized carbons (Fsp3) is 0.417. The zero-order valence-corrected chi connectivity index (χ0v) is 10.5. The first-order valence-corrected chi connectivity index (χ1v) is 6.23. The Bertz CT molecular complexity index is 470. The summed E-state index contributed by atoms with van der Waals surface area (Å²) in [5.74, 6) is -0.406. The summed E-state index contributed by atoms with van der Waals surface area (Å²) in [7, 11) is 0. The number of aromatic nitrogens is 2. The Balaban J connectivity index is 2.19. The standard InChI is InChI=1S/C12H14ClN3O2/c13-12-14-7-8(5-6-10(17)18)11(16-12)15-9-3-1-2-4-9/h5-7,9H,1-4H2,(H,17,18)(H,14,15,16). The molecule has 96 valence electrons. The minimum absolute atomic E-state index is 0.156. The number of carboxylic acid groups (broad SMARTS) is 1.